The van der Waals surface area contributed by atoms with Crippen LogP contribution in [0.15, 0.2) is 24.5 Å². The molecule has 1 aromatic carbocycles. The standard InChI is InChI=1S/C14H15Cl2N5O2/c1-7(2)11(13(23)20-14-17-6-18-21-14)19-12(22)9-4-3-8(15)5-10(9)16/h3-7,11H,1-2H3,(H,19,22)(H2,17,18,20,21,23)/t11-/m0/s1. The zero-order valence-electron chi connectivity index (χ0n) is 12.4. The van der Waals surface area contributed by atoms with Gasteiger partial charge in [0.05, 0.1) is 10.6 Å². The van der Waals surface area contributed by atoms with Gasteiger partial charge < -0.3 is 5.32 Å². The summed E-state index contributed by atoms with van der Waals surface area (Å²) in [6.45, 7) is 3.63. The van der Waals surface area contributed by atoms with Crippen LogP contribution in [0.3, 0.4) is 0 Å². The number of aromatic nitrogens is 3. The fraction of sp³-hybridized carbons (Fsp3) is 0.286. The number of nitrogens with zero attached hydrogens (tertiary/aromatic N) is 2. The summed E-state index contributed by atoms with van der Waals surface area (Å²) in [4.78, 5) is 28.4. The number of H-pyrrole nitrogens is 1. The lowest BCUT2D eigenvalue weighted by atomic mass is 10.0. The number of rotatable bonds is 5. The number of carbonyl (C=O) groups excluding carboxylic acids is 2. The van der Waals surface area contributed by atoms with Crippen molar-refractivity contribution in [2.24, 2.45) is 5.92 Å². The number of hydrogen-bond acceptors (Lipinski definition) is 4. The lowest BCUT2D eigenvalue weighted by Gasteiger charge is -2.21. The molecule has 2 aromatic rings. The number of aromatic amines is 1. The molecule has 1 aromatic heterocycles. The van der Waals surface area contributed by atoms with Crippen molar-refractivity contribution < 1.29 is 9.59 Å². The molecule has 0 aliphatic carbocycles. The smallest absolute Gasteiger partial charge is 0.253 e. The second-order valence-corrected chi connectivity index (χ2v) is 5.99. The molecule has 0 spiro atoms. The Kier molecular flexibility index (Phi) is 5.57. The molecule has 3 N–H and O–H groups in total. The Labute approximate surface area is 142 Å². The molecule has 0 saturated carbocycles. The highest BCUT2D eigenvalue weighted by molar-refractivity contribution is 6.36. The molecule has 0 saturated heterocycles. The SMILES string of the molecule is CC(C)[C@H](NC(=O)c1ccc(Cl)cc1Cl)C(=O)Nc1ncn[nH]1. The summed E-state index contributed by atoms with van der Waals surface area (Å²) in [6, 6.07) is 3.77. The second kappa shape index (κ2) is 7.43. The van der Waals surface area contributed by atoms with Gasteiger partial charge in [-0.1, -0.05) is 37.0 Å². The lowest BCUT2D eigenvalue weighted by molar-refractivity contribution is -0.118. The molecule has 1 atom stereocenters. The van der Waals surface area contributed by atoms with Crippen molar-refractivity contribution in [3.8, 4) is 0 Å². The molecule has 2 rings (SSSR count). The maximum Gasteiger partial charge on any atom is 0.253 e. The van der Waals surface area contributed by atoms with Crippen molar-refractivity contribution in [2.45, 2.75) is 19.9 Å². The number of benzene rings is 1. The fourth-order valence-corrected chi connectivity index (χ4v) is 2.38. The van der Waals surface area contributed by atoms with Crippen molar-refractivity contribution in [2.75, 3.05) is 5.32 Å². The van der Waals surface area contributed by atoms with Crippen LogP contribution in [-0.4, -0.2) is 33.0 Å². The largest absolute Gasteiger partial charge is 0.340 e. The first kappa shape index (κ1) is 17.2. The van der Waals surface area contributed by atoms with Crippen LogP contribution in [0.4, 0.5) is 5.95 Å². The van der Waals surface area contributed by atoms with Gasteiger partial charge >= 0.3 is 0 Å². The first-order valence-electron chi connectivity index (χ1n) is 6.80. The Bertz CT molecular complexity index is 703. The van der Waals surface area contributed by atoms with E-state index in [2.05, 4.69) is 25.8 Å². The quantitative estimate of drug-likeness (QED) is 0.766. The average Bonchev–Trinajstić information content (AvgIpc) is 2.96. The number of carbonyl (C=O) groups is 2. The third-order valence-electron chi connectivity index (χ3n) is 3.07. The molecule has 0 unspecified atom stereocenters. The number of halogens is 2. The van der Waals surface area contributed by atoms with Gasteiger partial charge in [0.15, 0.2) is 0 Å². The van der Waals surface area contributed by atoms with E-state index in [1.54, 1.807) is 6.07 Å². The Morgan fingerprint density at radius 3 is 2.57 bits per heavy atom. The van der Waals surface area contributed by atoms with Gasteiger partial charge in [-0.25, -0.2) is 5.10 Å². The Morgan fingerprint density at radius 2 is 2.00 bits per heavy atom. The van der Waals surface area contributed by atoms with Crippen molar-refractivity contribution in [3.63, 3.8) is 0 Å². The van der Waals surface area contributed by atoms with E-state index in [0.717, 1.165) is 0 Å². The third-order valence-corrected chi connectivity index (χ3v) is 3.62. The van der Waals surface area contributed by atoms with Crippen LogP contribution >= 0.6 is 23.2 Å². The Hall–Kier alpha value is -2.12. The highest BCUT2D eigenvalue weighted by Gasteiger charge is 2.26. The molecule has 0 fully saturated rings. The summed E-state index contributed by atoms with van der Waals surface area (Å²) < 4.78 is 0. The minimum absolute atomic E-state index is 0.145. The maximum atomic E-state index is 12.3. The maximum absolute atomic E-state index is 12.3. The van der Waals surface area contributed by atoms with Crippen molar-refractivity contribution >= 4 is 41.0 Å². The molecule has 0 aliphatic rings. The number of hydrogen-bond donors (Lipinski definition) is 3. The summed E-state index contributed by atoms with van der Waals surface area (Å²) in [7, 11) is 0. The van der Waals surface area contributed by atoms with Gasteiger partial charge in [0.1, 0.15) is 12.4 Å². The monoisotopic (exact) mass is 355 g/mol. The molecule has 2 amide bonds. The van der Waals surface area contributed by atoms with Crippen molar-refractivity contribution in [3.05, 3.63) is 40.1 Å². The summed E-state index contributed by atoms with van der Waals surface area (Å²) in [5.41, 5.74) is 0.245. The van der Waals surface area contributed by atoms with E-state index < -0.39 is 17.9 Å². The summed E-state index contributed by atoms with van der Waals surface area (Å²) in [5, 5.41) is 12.0. The van der Waals surface area contributed by atoms with Gasteiger partial charge in [-0.15, -0.1) is 0 Å². The first-order chi connectivity index (χ1) is 10.9. The van der Waals surface area contributed by atoms with Gasteiger partial charge in [0.25, 0.3) is 5.91 Å². The Balaban J connectivity index is 2.12. The number of amides is 2. The molecule has 0 radical (unpaired) electrons. The van der Waals surface area contributed by atoms with Crippen LogP contribution in [-0.2, 0) is 4.79 Å². The predicted molar refractivity (Wildman–Crippen MR) is 87.6 cm³/mol. The molecule has 7 nitrogen and oxygen atoms in total. The zero-order valence-corrected chi connectivity index (χ0v) is 13.9. The van der Waals surface area contributed by atoms with E-state index in [1.165, 1.54) is 18.5 Å². The Morgan fingerprint density at radius 1 is 1.26 bits per heavy atom. The molecule has 0 aliphatic heterocycles. The predicted octanol–water partition coefficient (Wildman–Crippen LogP) is 2.50. The van der Waals surface area contributed by atoms with E-state index in [0.29, 0.717) is 5.02 Å². The minimum Gasteiger partial charge on any atom is -0.340 e. The van der Waals surface area contributed by atoms with Crippen LogP contribution in [0.25, 0.3) is 0 Å². The van der Waals surface area contributed by atoms with Gasteiger partial charge in [-0.05, 0) is 24.1 Å². The van der Waals surface area contributed by atoms with Crippen LogP contribution in [0.1, 0.15) is 24.2 Å². The molecule has 122 valence electrons. The summed E-state index contributed by atoms with van der Waals surface area (Å²) in [5.74, 6) is -0.805. The summed E-state index contributed by atoms with van der Waals surface area (Å²) >= 11 is 11.8. The fourth-order valence-electron chi connectivity index (χ4n) is 1.89. The first-order valence-corrected chi connectivity index (χ1v) is 7.56. The number of nitrogens with one attached hydrogen (secondary N) is 3. The van der Waals surface area contributed by atoms with Crippen molar-refractivity contribution in [1.82, 2.24) is 20.5 Å². The highest BCUT2D eigenvalue weighted by Crippen LogP contribution is 2.21. The molecular weight excluding hydrogens is 341 g/mol. The molecular formula is C14H15Cl2N5O2. The minimum atomic E-state index is -0.764. The van der Waals surface area contributed by atoms with Crippen molar-refractivity contribution in [1.29, 1.82) is 0 Å². The average molecular weight is 356 g/mol. The topological polar surface area (TPSA) is 99.8 Å². The highest BCUT2D eigenvalue weighted by atomic mass is 35.5. The lowest BCUT2D eigenvalue weighted by Crippen LogP contribution is -2.47. The van der Waals surface area contributed by atoms with E-state index in [4.69, 9.17) is 23.2 Å². The normalized spacial score (nSPS) is 12.0. The van der Waals surface area contributed by atoms with Gasteiger partial charge in [-0.3, -0.25) is 14.9 Å². The van der Waals surface area contributed by atoms with Crippen LogP contribution in [0.5, 0.6) is 0 Å². The van der Waals surface area contributed by atoms with E-state index in [-0.39, 0.29) is 22.5 Å². The van der Waals surface area contributed by atoms with Crippen LogP contribution < -0.4 is 10.6 Å². The van der Waals surface area contributed by atoms with Gasteiger partial charge in [0.2, 0.25) is 11.9 Å². The van der Waals surface area contributed by atoms with E-state index in [1.807, 2.05) is 13.8 Å². The summed E-state index contributed by atoms with van der Waals surface area (Å²) in [6.07, 6.45) is 1.27. The van der Waals surface area contributed by atoms with Crippen LogP contribution in [0.2, 0.25) is 10.0 Å². The third kappa shape index (κ3) is 4.43. The second-order valence-electron chi connectivity index (χ2n) is 5.14. The zero-order chi connectivity index (χ0) is 17.0. The molecule has 0 bridgehead atoms. The van der Waals surface area contributed by atoms with Gasteiger partial charge in [0, 0.05) is 5.02 Å². The molecule has 9 heteroatoms. The van der Waals surface area contributed by atoms with Crippen LogP contribution in [0, 0.1) is 5.92 Å². The van der Waals surface area contributed by atoms with E-state index in [9.17, 15) is 9.59 Å². The number of anilines is 1. The van der Waals surface area contributed by atoms with Gasteiger partial charge in [-0.2, -0.15) is 10.1 Å². The molecule has 1 heterocycles. The molecule has 23 heavy (non-hydrogen) atoms. The van der Waals surface area contributed by atoms with E-state index >= 15 is 0 Å².